The Hall–Kier alpha value is -3.18. The van der Waals surface area contributed by atoms with Gasteiger partial charge < -0.3 is 5.11 Å². The molecule has 0 amide bonds. The minimum absolute atomic E-state index is 0.613. The van der Waals surface area contributed by atoms with E-state index < -0.39 is 11.2 Å². The van der Waals surface area contributed by atoms with E-state index in [9.17, 15) is 9.90 Å². The Labute approximate surface area is 160 Å². The lowest BCUT2D eigenvalue weighted by Crippen LogP contribution is -2.08. The minimum Gasteiger partial charge on any atom is -0.480 e. The van der Waals surface area contributed by atoms with E-state index in [0.29, 0.717) is 5.03 Å². The molecule has 0 aliphatic carbocycles. The van der Waals surface area contributed by atoms with E-state index in [0.717, 1.165) is 27.6 Å². The molecule has 1 atom stereocenters. The van der Waals surface area contributed by atoms with Crippen LogP contribution in [0, 0.1) is 0 Å². The van der Waals surface area contributed by atoms with Crippen molar-refractivity contribution in [1.82, 2.24) is 10.2 Å². The Morgan fingerprint density at radius 3 is 2.04 bits per heavy atom. The molecule has 4 aromatic rings. The third kappa shape index (κ3) is 3.55. The highest BCUT2D eigenvalue weighted by Crippen LogP contribution is 2.39. The second kappa shape index (κ2) is 7.60. The summed E-state index contributed by atoms with van der Waals surface area (Å²) in [6.45, 7) is 0. The summed E-state index contributed by atoms with van der Waals surface area (Å²) in [5.41, 5.74) is 2.51. The number of hydrogen-bond donors (Lipinski definition) is 1. The van der Waals surface area contributed by atoms with Gasteiger partial charge in [0.05, 0.1) is 0 Å². The molecule has 0 aliphatic rings. The van der Waals surface area contributed by atoms with Crippen molar-refractivity contribution >= 4 is 28.5 Å². The van der Waals surface area contributed by atoms with Crippen LogP contribution in [-0.4, -0.2) is 21.3 Å². The molecule has 132 valence electrons. The maximum Gasteiger partial charge on any atom is 0.321 e. The molecule has 0 unspecified atom stereocenters. The van der Waals surface area contributed by atoms with E-state index >= 15 is 0 Å². The summed E-state index contributed by atoms with van der Waals surface area (Å²) in [4.78, 5) is 11.9. The molecular formula is C22H16N2O2S. The highest BCUT2D eigenvalue weighted by molar-refractivity contribution is 8.00. The minimum atomic E-state index is -0.899. The molecule has 1 aromatic heterocycles. The molecule has 27 heavy (non-hydrogen) atoms. The predicted molar refractivity (Wildman–Crippen MR) is 108 cm³/mol. The average Bonchev–Trinajstić information content (AvgIpc) is 2.73. The summed E-state index contributed by atoms with van der Waals surface area (Å²) in [7, 11) is 0. The van der Waals surface area contributed by atoms with E-state index in [2.05, 4.69) is 10.2 Å². The molecule has 1 N–H and O–H groups in total. The number of hydrogen-bond acceptors (Lipinski definition) is 4. The van der Waals surface area contributed by atoms with Gasteiger partial charge in [-0.2, -0.15) is 0 Å². The molecule has 5 heteroatoms. The molecule has 0 saturated carbocycles. The predicted octanol–water partition coefficient (Wildman–Crippen LogP) is 5.21. The molecule has 0 fully saturated rings. The Bertz CT molecular complexity index is 1090. The van der Waals surface area contributed by atoms with Crippen molar-refractivity contribution in [3.8, 4) is 11.3 Å². The lowest BCUT2D eigenvalue weighted by atomic mass is 10.1. The fourth-order valence-corrected chi connectivity index (χ4v) is 3.99. The number of benzene rings is 3. The first-order valence-corrected chi connectivity index (χ1v) is 9.37. The van der Waals surface area contributed by atoms with Crippen molar-refractivity contribution in [2.24, 2.45) is 0 Å². The zero-order valence-electron chi connectivity index (χ0n) is 14.3. The highest BCUT2D eigenvalue weighted by Gasteiger charge is 2.23. The van der Waals surface area contributed by atoms with Gasteiger partial charge in [-0.15, -0.1) is 10.2 Å². The van der Waals surface area contributed by atoms with Gasteiger partial charge in [0, 0.05) is 16.3 Å². The van der Waals surface area contributed by atoms with E-state index in [1.54, 1.807) is 0 Å². The highest BCUT2D eigenvalue weighted by atomic mass is 32.2. The molecule has 0 radical (unpaired) electrons. The summed E-state index contributed by atoms with van der Waals surface area (Å²) in [6, 6.07) is 26.9. The number of aliphatic carboxylic acids is 1. The van der Waals surface area contributed by atoms with Gasteiger partial charge in [0.2, 0.25) is 0 Å². The Morgan fingerprint density at radius 2 is 1.37 bits per heavy atom. The Kier molecular flexibility index (Phi) is 4.85. The van der Waals surface area contributed by atoms with Gasteiger partial charge in [-0.25, -0.2) is 0 Å². The first kappa shape index (κ1) is 17.2. The molecule has 4 rings (SSSR count). The quantitative estimate of drug-likeness (QED) is 0.487. The summed E-state index contributed by atoms with van der Waals surface area (Å²) in [5, 5.41) is 20.3. The van der Waals surface area contributed by atoms with Crippen LogP contribution in [0.25, 0.3) is 22.0 Å². The molecule has 4 nitrogen and oxygen atoms in total. The number of carboxylic acid groups (broad SMARTS) is 1. The zero-order chi connectivity index (χ0) is 18.6. The maximum absolute atomic E-state index is 11.9. The third-order valence-corrected chi connectivity index (χ3v) is 5.49. The first-order valence-electron chi connectivity index (χ1n) is 8.49. The van der Waals surface area contributed by atoms with Gasteiger partial charge in [0.15, 0.2) is 0 Å². The van der Waals surface area contributed by atoms with Gasteiger partial charge in [-0.3, -0.25) is 4.79 Å². The van der Waals surface area contributed by atoms with Crippen LogP contribution in [0.15, 0.2) is 90.0 Å². The molecule has 0 aliphatic heterocycles. The number of nitrogens with zero attached hydrogens (tertiary/aromatic N) is 2. The number of thioether (sulfide) groups is 1. The molecule has 0 saturated heterocycles. The van der Waals surface area contributed by atoms with Crippen LogP contribution in [0.5, 0.6) is 0 Å². The molecule has 0 spiro atoms. The molecule has 3 aromatic carbocycles. The van der Waals surface area contributed by atoms with Crippen LogP contribution in [0.4, 0.5) is 0 Å². The topological polar surface area (TPSA) is 63.1 Å². The maximum atomic E-state index is 11.9. The number of aromatic nitrogens is 2. The van der Waals surface area contributed by atoms with Gasteiger partial charge in [0.1, 0.15) is 16.0 Å². The van der Waals surface area contributed by atoms with Crippen molar-refractivity contribution < 1.29 is 9.90 Å². The van der Waals surface area contributed by atoms with Crippen LogP contribution < -0.4 is 0 Å². The van der Waals surface area contributed by atoms with E-state index in [1.807, 2.05) is 84.9 Å². The van der Waals surface area contributed by atoms with Crippen LogP contribution in [-0.2, 0) is 4.79 Å². The van der Waals surface area contributed by atoms with E-state index in [1.165, 1.54) is 11.8 Å². The SMILES string of the molecule is O=C(O)[C@@H](Sc1nnc(-c2ccccc2)c2ccccc12)c1ccccc1. The van der Waals surface area contributed by atoms with Crippen molar-refractivity contribution in [3.05, 3.63) is 90.5 Å². The lowest BCUT2D eigenvalue weighted by molar-refractivity contribution is -0.136. The fourth-order valence-electron chi connectivity index (χ4n) is 2.98. The monoisotopic (exact) mass is 372 g/mol. The zero-order valence-corrected chi connectivity index (χ0v) is 15.1. The molecule has 1 heterocycles. The number of carboxylic acids is 1. The van der Waals surface area contributed by atoms with Crippen LogP contribution >= 0.6 is 11.8 Å². The summed E-state index contributed by atoms with van der Waals surface area (Å²) < 4.78 is 0. The number of carbonyl (C=O) groups is 1. The van der Waals surface area contributed by atoms with Gasteiger partial charge in [-0.1, -0.05) is 96.7 Å². The smallest absolute Gasteiger partial charge is 0.321 e. The van der Waals surface area contributed by atoms with E-state index in [4.69, 9.17) is 0 Å². The third-order valence-electron chi connectivity index (χ3n) is 4.26. The standard InChI is InChI=1S/C22H16N2O2S/c25-22(26)20(16-11-5-2-6-12-16)27-21-18-14-8-7-13-17(18)19(23-24-21)15-9-3-1-4-10-15/h1-14,20H,(H,25,26)/t20-/m0/s1. The normalized spacial score (nSPS) is 12.0. The van der Waals surface area contributed by atoms with Gasteiger partial charge in [0.25, 0.3) is 0 Å². The Morgan fingerprint density at radius 1 is 0.778 bits per heavy atom. The van der Waals surface area contributed by atoms with Gasteiger partial charge in [-0.05, 0) is 5.56 Å². The van der Waals surface area contributed by atoms with Crippen LogP contribution in [0.2, 0.25) is 0 Å². The molecular weight excluding hydrogens is 356 g/mol. The van der Waals surface area contributed by atoms with Crippen LogP contribution in [0.3, 0.4) is 0 Å². The van der Waals surface area contributed by atoms with Crippen molar-refractivity contribution in [2.45, 2.75) is 10.3 Å². The second-order valence-corrected chi connectivity index (χ2v) is 7.11. The fraction of sp³-hybridized carbons (Fsp3) is 0.0455. The van der Waals surface area contributed by atoms with Crippen molar-refractivity contribution in [3.63, 3.8) is 0 Å². The number of rotatable bonds is 5. The second-order valence-electron chi connectivity index (χ2n) is 6.01. The lowest BCUT2D eigenvalue weighted by Gasteiger charge is -2.14. The summed E-state index contributed by atoms with van der Waals surface area (Å²) >= 11 is 1.21. The van der Waals surface area contributed by atoms with Crippen molar-refractivity contribution in [2.75, 3.05) is 0 Å². The number of fused-ring (bicyclic) bond motifs is 1. The van der Waals surface area contributed by atoms with Crippen molar-refractivity contribution in [1.29, 1.82) is 0 Å². The van der Waals surface area contributed by atoms with Crippen LogP contribution in [0.1, 0.15) is 10.8 Å². The average molecular weight is 372 g/mol. The largest absolute Gasteiger partial charge is 0.480 e. The Balaban J connectivity index is 1.80. The van der Waals surface area contributed by atoms with Gasteiger partial charge >= 0.3 is 5.97 Å². The van der Waals surface area contributed by atoms with E-state index in [-0.39, 0.29) is 0 Å². The molecule has 0 bridgehead atoms. The summed E-state index contributed by atoms with van der Waals surface area (Å²) in [6.07, 6.45) is 0. The first-order chi connectivity index (χ1) is 13.2. The summed E-state index contributed by atoms with van der Waals surface area (Å²) in [5.74, 6) is -0.899.